The number of hydrazine groups is 1. The Balaban J connectivity index is 1.98. The molecule has 0 radical (unpaired) electrons. The normalized spacial score (nSPS) is 16.1. The van der Waals surface area contributed by atoms with Gasteiger partial charge in [-0.05, 0) is 66.7 Å². The van der Waals surface area contributed by atoms with Crippen LogP contribution in [0.4, 0.5) is 10.1 Å². The van der Waals surface area contributed by atoms with Crippen molar-refractivity contribution in [1.29, 1.82) is 0 Å². The summed E-state index contributed by atoms with van der Waals surface area (Å²) in [4.78, 5) is 1.74. The Bertz CT molecular complexity index is 846. The molecule has 1 aliphatic rings. The van der Waals surface area contributed by atoms with Crippen LogP contribution in [0.1, 0.15) is 11.1 Å². The molecule has 0 unspecified atom stereocenters. The van der Waals surface area contributed by atoms with Gasteiger partial charge < -0.3 is 5.11 Å². The number of phenolic OH excluding ortho intramolecular Hbond substituents is 1. The summed E-state index contributed by atoms with van der Waals surface area (Å²) in [5, 5.41) is 9.87. The number of thiocarbonyl (C=S) groups is 1. The number of aromatic hydroxyl groups is 1. The van der Waals surface area contributed by atoms with Gasteiger partial charge in [-0.15, -0.1) is 0 Å². The molecule has 24 heavy (non-hydrogen) atoms. The highest BCUT2D eigenvalue weighted by Gasteiger charge is 2.23. The molecule has 2 aromatic carbocycles. The number of halogens is 1. The Morgan fingerprint density at radius 1 is 1.17 bits per heavy atom. The first kappa shape index (κ1) is 16.0. The summed E-state index contributed by atoms with van der Waals surface area (Å²) in [5.74, 6) is -0.0887. The molecule has 0 amide bonds. The Kier molecular flexibility index (Phi) is 4.22. The van der Waals surface area contributed by atoms with E-state index in [0.29, 0.717) is 22.1 Å². The third-order valence-corrected chi connectivity index (χ3v) is 4.09. The Morgan fingerprint density at radius 3 is 2.58 bits per heavy atom. The lowest BCUT2D eigenvalue weighted by molar-refractivity contribution is 0.475. The minimum absolute atomic E-state index is 0.171. The Hall–Kier alpha value is -2.86. The molecule has 4 nitrogen and oxygen atoms in total. The molecule has 0 aliphatic carbocycles. The van der Waals surface area contributed by atoms with Gasteiger partial charge >= 0.3 is 0 Å². The number of anilines is 1. The van der Waals surface area contributed by atoms with Gasteiger partial charge in [-0.1, -0.05) is 18.7 Å². The zero-order valence-corrected chi connectivity index (χ0v) is 13.8. The molecule has 0 bridgehead atoms. The number of phenols is 1. The van der Waals surface area contributed by atoms with Gasteiger partial charge in [0.05, 0.1) is 11.4 Å². The van der Waals surface area contributed by atoms with E-state index in [-0.39, 0.29) is 11.6 Å². The number of rotatable bonds is 2. The summed E-state index contributed by atoms with van der Waals surface area (Å²) in [6.07, 6.45) is 1.81. The van der Waals surface area contributed by atoms with Gasteiger partial charge in [0.25, 0.3) is 0 Å². The average Bonchev–Trinajstić information content (AvgIpc) is 2.56. The van der Waals surface area contributed by atoms with Crippen molar-refractivity contribution >= 4 is 29.1 Å². The van der Waals surface area contributed by atoms with Crippen molar-refractivity contribution in [2.24, 2.45) is 0 Å². The first-order chi connectivity index (χ1) is 11.5. The maximum atomic E-state index is 13.7. The first-order valence-corrected chi connectivity index (χ1v) is 7.69. The van der Waals surface area contributed by atoms with Crippen LogP contribution >= 0.6 is 12.2 Å². The van der Waals surface area contributed by atoms with Gasteiger partial charge in [0, 0.05) is 5.69 Å². The van der Waals surface area contributed by atoms with Gasteiger partial charge in [0.2, 0.25) is 0 Å². The van der Waals surface area contributed by atoms with Crippen molar-refractivity contribution in [2.45, 2.75) is 6.92 Å². The minimum Gasteiger partial charge on any atom is -0.508 e. The second kappa shape index (κ2) is 6.33. The van der Waals surface area contributed by atoms with Crippen LogP contribution in [0.3, 0.4) is 0 Å². The van der Waals surface area contributed by atoms with E-state index in [9.17, 15) is 9.50 Å². The molecule has 1 aliphatic heterocycles. The lowest BCUT2D eigenvalue weighted by Gasteiger charge is -2.34. The van der Waals surface area contributed by atoms with Crippen molar-refractivity contribution in [2.75, 3.05) is 4.90 Å². The summed E-state index contributed by atoms with van der Waals surface area (Å²) < 4.78 is 13.7. The predicted molar refractivity (Wildman–Crippen MR) is 97.7 cm³/mol. The highest BCUT2D eigenvalue weighted by Crippen LogP contribution is 2.27. The summed E-state index contributed by atoms with van der Waals surface area (Å²) in [6, 6.07) is 11.6. The van der Waals surface area contributed by atoms with Crippen LogP contribution in [0.15, 0.2) is 60.4 Å². The lowest BCUT2D eigenvalue weighted by atomic mass is 10.1. The van der Waals surface area contributed by atoms with E-state index < -0.39 is 0 Å². The van der Waals surface area contributed by atoms with Crippen LogP contribution in [0.25, 0.3) is 6.08 Å². The van der Waals surface area contributed by atoms with Crippen molar-refractivity contribution in [1.82, 2.24) is 10.9 Å². The van der Waals surface area contributed by atoms with Crippen molar-refractivity contribution in [3.8, 4) is 5.75 Å². The molecular formula is C18H16FN3OS. The molecule has 3 rings (SSSR count). The van der Waals surface area contributed by atoms with E-state index >= 15 is 0 Å². The molecule has 6 heteroatoms. The van der Waals surface area contributed by atoms with Crippen LogP contribution in [0.5, 0.6) is 5.75 Å². The number of hydrogen-bond donors (Lipinski definition) is 3. The fraction of sp³-hybridized carbons (Fsp3) is 0.0556. The van der Waals surface area contributed by atoms with Gasteiger partial charge in [-0.3, -0.25) is 15.8 Å². The highest BCUT2D eigenvalue weighted by atomic mass is 32.1. The molecule has 2 aromatic rings. The van der Waals surface area contributed by atoms with E-state index in [0.717, 1.165) is 11.3 Å². The maximum absolute atomic E-state index is 13.7. The fourth-order valence-corrected chi connectivity index (χ4v) is 2.69. The maximum Gasteiger partial charge on any atom is 0.197 e. The third-order valence-electron chi connectivity index (χ3n) is 3.81. The predicted octanol–water partition coefficient (Wildman–Crippen LogP) is 3.59. The summed E-state index contributed by atoms with van der Waals surface area (Å²) >= 11 is 5.32. The smallest absolute Gasteiger partial charge is 0.197 e. The molecule has 3 N–H and O–H groups in total. The van der Waals surface area contributed by atoms with Crippen molar-refractivity contribution in [3.63, 3.8) is 0 Å². The van der Waals surface area contributed by atoms with E-state index in [4.69, 9.17) is 12.2 Å². The van der Waals surface area contributed by atoms with Crippen LogP contribution in [-0.4, -0.2) is 10.2 Å². The van der Waals surface area contributed by atoms with Crippen molar-refractivity contribution < 1.29 is 9.50 Å². The zero-order chi connectivity index (χ0) is 17.3. The zero-order valence-electron chi connectivity index (χ0n) is 13.0. The summed E-state index contributed by atoms with van der Waals surface area (Å²) in [5.41, 5.74) is 9.24. The van der Waals surface area contributed by atoms with Gasteiger partial charge in [-0.25, -0.2) is 4.39 Å². The largest absolute Gasteiger partial charge is 0.508 e. The number of hydrogen-bond acceptors (Lipinski definition) is 3. The van der Waals surface area contributed by atoms with Crippen LogP contribution < -0.4 is 15.8 Å². The molecule has 1 fully saturated rings. The molecule has 0 atom stereocenters. The molecule has 0 saturated carbocycles. The summed E-state index contributed by atoms with van der Waals surface area (Å²) in [6.45, 7) is 5.81. The van der Waals surface area contributed by atoms with Crippen molar-refractivity contribution in [3.05, 3.63) is 77.4 Å². The van der Waals surface area contributed by atoms with E-state index in [1.54, 1.807) is 42.2 Å². The van der Waals surface area contributed by atoms with Gasteiger partial charge in [0.1, 0.15) is 11.6 Å². The fourth-order valence-electron chi connectivity index (χ4n) is 2.42. The Labute approximate surface area is 144 Å². The highest BCUT2D eigenvalue weighted by molar-refractivity contribution is 7.80. The molecule has 1 heterocycles. The second-order valence-corrected chi connectivity index (χ2v) is 5.75. The van der Waals surface area contributed by atoms with E-state index in [1.807, 2.05) is 12.1 Å². The number of nitrogens with zero attached hydrogens (tertiary/aromatic N) is 1. The monoisotopic (exact) mass is 341 g/mol. The SMILES string of the molecule is C=C1/C(=C/c2cccc(F)c2C)NNC(=S)N1c1ccc(O)cc1. The van der Waals surface area contributed by atoms with Gasteiger partial charge in [0.15, 0.2) is 5.11 Å². The van der Waals surface area contributed by atoms with Crippen LogP contribution in [0.2, 0.25) is 0 Å². The summed E-state index contributed by atoms with van der Waals surface area (Å²) in [7, 11) is 0. The topological polar surface area (TPSA) is 47.5 Å². The van der Waals surface area contributed by atoms with Crippen LogP contribution in [0, 0.1) is 12.7 Å². The van der Waals surface area contributed by atoms with E-state index in [1.165, 1.54) is 6.07 Å². The number of benzene rings is 2. The Morgan fingerprint density at radius 2 is 1.88 bits per heavy atom. The molecule has 0 spiro atoms. The minimum atomic E-state index is -0.260. The quantitative estimate of drug-likeness (QED) is 0.729. The van der Waals surface area contributed by atoms with Crippen LogP contribution in [-0.2, 0) is 0 Å². The molecule has 0 aromatic heterocycles. The molecule has 1 saturated heterocycles. The molecule has 122 valence electrons. The van der Waals surface area contributed by atoms with Gasteiger partial charge in [-0.2, -0.15) is 0 Å². The third kappa shape index (κ3) is 2.96. The standard InChI is InChI=1S/C18H16FN3OS/c1-11-13(4-3-5-16(11)19)10-17-12(2)22(18(24)21-20-17)14-6-8-15(23)9-7-14/h3-10,20,23H,2H2,1H3,(H,21,24)/b17-10-. The second-order valence-electron chi connectivity index (χ2n) is 5.37. The first-order valence-electron chi connectivity index (χ1n) is 7.28. The lowest BCUT2D eigenvalue weighted by Crippen LogP contribution is -2.52. The molecular weight excluding hydrogens is 325 g/mol. The number of nitrogens with one attached hydrogen (secondary N) is 2. The van der Waals surface area contributed by atoms with E-state index in [2.05, 4.69) is 17.4 Å². The average molecular weight is 341 g/mol.